The Balaban J connectivity index is 1.54. The van der Waals surface area contributed by atoms with E-state index in [4.69, 9.17) is 12.2 Å². The van der Waals surface area contributed by atoms with Gasteiger partial charge in [0.1, 0.15) is 0 Å². The average molecular weight is 430 g/mol. The van der Waals surface area contributed by atoms with Crippen LogP contribution in [0.5, 0.6) is 0 Å². The van der Waals surface area contributed by atoms with Gasteiger partial charge in [0.25, 0.3) is 0 Å². The highest BCUT2D eigenvalue weighted by Gasteiger charge is 2.23. The van der Waals surface area contributed by atoms with Crippen LogP contribution < -0.4 is 15.5 Å². The summed E-state index contributed by atoms with van der Waals surface area (Å²) in [6, 6.07) is 24.7. The molecular formula is C26H27N3OS. The Morgan fingerprint density at radius 1 is 0.968 bits per heavy atom. The molecule has 3 aromatic carbocycles. The van der Waals surface area contributed by atoms with Gasteiger partial charge in [-0.15, -0.1) is 0 Å². The maximum Gasteiger partial charge on any atom is 0.227 e. The van der Waals surface area contributed by atoms with Gasteiger partial charge in [0.2, 0.25) is 5.91 Å². The number of rotatable bonds is 5. The summed E-state index contributed by atoms with van der Waals surface area (Å²) in [4.78, 5) is 14.1. The minimum absolute atomic E-state index is 0.0631. The van der Waals surface area contributed by atoms with Gasteiger partial charge >= 0.3 is 0 Å². The van der Waals surface area contributed by atoms with E-state index >= 15 is 0 Å². The minimum Gasteiger partial charge on any atom is -0.352 e. The second-order valence-corrected chi connectivity index (χ2v) is 8.41. The SMILES string of the molecule is Cc1ccc(C(NC(=S)Nc2ccc(C)c(N3CCCC3=O)c2)c2ccccc2)cc1. The van der Waals surface area contributed by atoms with E-state index in [9.17, 15) is 4.79 Å². The molecule has 1 aliphatic heterocycles. The number of aryl methyl sites for hydroxylation is 2. The topological polar surface area (TPSA) is 44.4 Å². The first-order chi connectivity index (χ1) is 15.0. The first-order valence-electron chi connectivity index (χ1n) is 10.6. The number of carbonyl (C=O) groups is 1. The van der Waals surface area contributed by atoms with Crippen molar-refractivity contribution in [3.63, 3.8) is 0 Å². The summed E-state index contributed by atoms with van der Waals surface area (Å²) in [6.45, 7) is 4.89. The molecule has 1 fully saturated rings. The maximum absolute atomic E-state index is 12.2. The standard InChI is InChI=1S/C26H27N3OS/c1-18-10-13-21(14-11-18)25(20-7-4-3-5-8-20)28-26(31)27-22-15-12-19(2)23(17-22)29-16-6-9-24(29)30/h3-5,7-8,10-15,17,25H,6,9,16H2,1-2H3,(H2,27,28,31). The number of carbonyl (C=O) groups excluding carboxylic acids is 1. The molecule has 4 nitrogen and oxygen atoms in total. The van der Waals surface area contributed by atoms with E-state index in [0.717, 1.165) is 41.0 Å². The molecule has 0 aliphatic carbocycles. The van der Waals surface area contributed by atoms with Crippen molar-refractivity contribution in [2.45, 2.75) is 32.7 Å². The van der Waals surface area contributed by atoms with Crippen LogP contribution in [-0.4, -0.2) is 17.6 Å². The van der Waals surface area contributed by atoms with E-state index in [-0.39, 0.29) is 11.9 Å². The quantitative estimate of drug-likeness (QED) is 0.525. The van der Waals surface area contributed by atoms with E-state index in [1.54, 1.807) is 0 Å². The molecule has 3 aromatic rings. The molecule has 158 valence electrons. The van der Waals surface area contributed by atoms with Gasteiger partial charge in [0.15, 0.2) is 5.11 Å². The van der Waals surface area contributed by atoms with Crippen LogP contribution in [0.1, 0.15) is 41.1 Å². The molecule has 1 heterocycles. The van der Waals surface area contributed by atoms with E-state index < -0.39 is 0 Å². The Kier molecular flexibility index (Phi) is 6.33. The molecule has 4 rings (SSSR count). The van der Waals surface area contributed by atoms with Crippen molar-refractivity contribution in [1.82, 2.24) is 5.32 Å². The number of nitrogens with one attached hydrogen (secondary N) is 2. The van der Waals surface area contributed by atoms with Crippen LogP contribution in [0.2, 0.25) is 0 Å². The van der Waals surface area contributed by atoms with Crippen LogP contribution in [0.3, 0.4) is 0 Å². The van der Waals surface area contributed by atoms with Crippen molar-refractivity contribution in [1.29, 1.82) is 0 Å². The van der Waals surface area contributed by atoms with Crippen LogP contribution in [0, 0.1) is 13.8 Å². The predicted molar refractivity (Wildman–Crippen MR) is 132 cm³/mol. The van der Waals surface area contributed by atoms with E-state index in [2.05, 4.69) is 54.0 Å². The molecule has 5 heteroatoms. The highest BCUT2D eigenvalue weighted by atomic mass is 32.1. The normalized spacial score (nSPS) is 14.4. The molecule has 1 aliphatic rings. The molecule has 1 atom stereocenters. The summed E-state index contributed by atoms with van der Waals surface area (Å²) in [6.07, 6.45) is 1.53. The number of amides is 1. The average Bonchev–Trinajstić information content (AvgIpc) is 3.20. The number of nitrogens with zero attached hydrogens (tertiary/aromatic N) is 1. The summed E-state index contributed by atoms with van der Waals surface area (Å²) in [7, 11) is 0. The second-order valence-electron chi connectivity index (χ2n) is 8.00. The molecule has 2 N–H and O–H groups in total. The molecular weight excluding hydrogens is 402 g/mol. The Bertz CT molecular complexity index is 1080. The molecule has 0 bridgehead atoms. The van der Waals surface area contributed by atoms with Crippen molar-refractivity contribution in [2.75, 3.05) is 16.8 Å². The fraction of sp³-hybridized carbons (Fsp3) is 0.231. The number of benzene rings is 3. The van der Waals surface area contributed by atoms with Crippen molar-refractivity contribution in [3.05, 3.63) is 95.1 Å². The maximum atomic E-state index is 12.2. The molecule has 0 radical (unpaired) electrons. The largest absolute Gasteiger partial charge is 0.352 e. The summed E-state index contributed by atoms with van der Waals surface area (Å²) in [5.74, 6) is 0.185. The Hall–Kier alpha value is -3.18. The third kappa shape index (κ3) is 4.94. The highest BCUT2D eigenvalue weighted by molar-refractivity contribution is 7.80. The molecule has 0 aromatic heterocycles. The lowest BCUT2D eigenvalue weighted by Crippen LogP contribution is -2.33. The lowest BCUT2D eigenvalue weighted by Gasteiger charge is -2.23. The van der Waals surface area contributed by atoms with Gasteiger partial charge in [0, 0.05) is 24.3 Å². The Morgan fingerprint density at radius 3 is 2.35 bits per heavy atom. The van der Waals surface area contributed by atoms with Gasteiger partial charge in [-0.2, -0.15) is 0 Å². The van der Waals surface area contributed by atoms with Gasteiger partial charge in [-0.1, -0.05) is 66.2 Å². The summed E-state index contributed by atoms with van der Waals surface area (Å²) in [5, 5.41) is 7.32. The van der Waals surface area contributed by atoms with Gasteiger partial charge < -0.3 is 15.5 Å². The molecule has 0 spiro atoms. The van der Waals surface area contributed by atoms with Crippen molar-refractivity contribution in [2.24, 2.45) is 0 Å². The number of hydrogen-bond acceptors (Lipinski definition) is 2. The Morgan fingerprint density at radius 2 is 1.68 bits per heavy atom. The molecule has 0 saturated carbocycles. The fourth-order valence-corrected chi connectivity index (χ4v) is 4.18. The molecule has 1 saturated heterocycles. The fourth-order valence-electron chi connectivity index (χ4n) is 3.94. The van der Waals surface area contributed by atoms with Crippen molar-refractivity contribution >= 4 is 34.6 Å². The van der Waals surface area contributed by atoms with Gasteiger partial charge in [-0.25, -0.2) is 0 Å². The van der Waals surface area contributed by atoms with Crippen LogP contribution in [0.15, 0.2) is 72.8 Å². The number of anilines is 2. The number of hydrogen-bond donors (Lipinski definition) is 2. The summed E-state index contributed by atoms with van der Waals surface area (Å²) >= 11 is 5.67. The zero-order valence-corrected chi connectivity index (χ0v) is 18.7. The first-order valence-corrected chi connectivity index (χ1v) is 11.0. The van der Waals surface area contributed by atoms with Crippen LogP contribution in [-0.2, 0) is 4.79 Å². The van der Waals surface area contributed by atoms with E-state index in [0.29, 0.717) is 11.5 Å². The predicted octanol–water partition coefficient (Wildman–Crippen LogP) is 5.51. The third-order valence-electron chi connectivity index (χ3n) is 5.65. The number of thiocarbonyl (C=S) groups is 1. The third-order valence-corrected chi connectivity index (χ3v) is 5.87. The van der Waals surface area contributed by atoms with Crippen LogP contribution >= 0.6 is 12.2 Å². The van der Waals surface area contributed by atoms with Crippen LogP contribution in [0.25, 0.3) is 0 Å². The van der Waals surface area contributed by atoms with E-state index in [1.807, 2.05) is 48.2 Å². The van der Waals surface area contributed by atoms with Crippen molar-refractivity contribution in [3.8, 4) is 0 Å². The monoisotopic (exact) mass is 429 g/mol. The molecule has 1 unspecified atom stereocenters. The summed E-state index contributed by atoms with van der Waals surface area (Å²) in [5.41, 5.74) is 6.42. The minimum atomic E-state index is -0.0631. The zero-order valence-electron chi connectivity index (χ0n) is 17.9. The zero-order chi connectivity index (χ0) is 21.8. The summed E-state index contributed by atoms with van der Waals surface area (Å²) < 4.78 is 0. The highest BCUT2D eigenvalue weighted by Crippen LogP contribution is 2.28. The van der Waals surface area contributed by atoms with Gasteiger partial charge in [-0.3, -0.25) is 4.79 Å². The van der Waals surface area contributed by atoms with Gasteiger partial charge in [-0.05, 0) is 61.3 Å². The van der Waals surface area contributed by atoms with Crippen molar-refractivity contribution < 1.29 is 4.79 Å². The lowest BCUT2D eigenvalue weighted by atomic mass is 9.98. The Labute approximate surface area is 189 Å². The first kappa shape index (κ1) is 21.1. The lowest BCUT2D eigenvalue weighted by molar-refractivity contribution is -0.117. The molecule has 31 heavy (non-hydrogen) atoms. The molecule has 1 amide bonds. The van der Waals surface area contributed by atoms with E-state index in [1.165, 1.54) is 5.56 Å². The smallest absolute Gasteiger partial charge is 0.227 e. The van der Waals surface area contributed by atoms with Crippen LogP contribution in [0.4, 0.5) is 11.4 Å². The van der Waals surface area contributed by atoms with Gasteiger partial charge in [0.05, 0.1) is 6.04 Å². The second kappa shape index (κ2) is 9.31.